The minimum atomic E-state index is -0.858. The number of aryl methyl sites for hydroxylation is 1. The van der Waals surface area contributed by atoms with Crippen molar-refractivity contribution in [2.75, 3.05) is 18.1 Å². The number of aliphatic hydroxyl groups excluding tert-OH is 1. The predicted molar refractivity (Wildman–Crippen MR) is 154 cm³/mol. The van der Waals surface area contributed by atoms with E-state index in [1.165, 1.54) is 16.2 Å². The molecule has 1 aliphatic heterocycles. The highest BCUT2D eigenvalue weighted by Crippen LogP contribution is 2.44. The molecule has 0 radical (unpaired) electrons. The first-order valence-corrected chi connectivity index (χ1v) is 13.9. The van der Waals surface area contributed by atoms with E-state index in [1.54, 1.807) is 24.3 Å². The third kappa shape index (κ3) is 5.12. The van der Waals surface area contributed by atoms with Gasteiger partial charge in [-0.15, -0.1) is 0 Å². The zero-order valence-corrected chi connectivity index (χ0v) is 23.0. The summed E-state index contributed by atoms with van der Waals surface area (Å²) in [6.07, 6.45) is 1.75. The van der Waals surface area contributed by atoms with E-state index in [2.05, 4.69) is 13.0 Å². The first-order valence-electron chi connectivity index (χ1n) is 13.1. The Kier molecular flexibility index (Phi) is 7.65. The summed E-state index contributed by atoms with van der Waals surface area (Å²) >= 11 is 1.36. The molecule has 1 amide bonds. The molecule has 1 atom stereocenters. The standard InChI is InChI=1S/C31H30N2O5S/c1-4-17-38-23-12-8-20(9-13-23)27-26(28(34)21-10-14-22(15-11-21)37-6-3)29(35)30(36)33(27)31-32-24-16-7-19(5-2)18-25(24)39-31/h7-16,18,27,34H,4-6,17H2,1-3H3/b28-26+. The van der Waals surface area contributed by atoms with Gasteiger partial charge < -0.3 is 14.6 Å². The molecule has 0 saturated carbocycles. The van der Waals surface area contributed by atoms with Crippen LogP contribution in [-0.4, -0.2) is 35.0 Å². The van der Waals surface area contributed by atoms with Crippen molar-refractivity contribution in [2.45, 2.75) is 39.7 Å². The molecule has 7 nitrogen and oxygen atoms in total. The van der Waals surface area contributed by atoms with Crippen molar-refractivity contribution >= 4 is 44.1 Å². The van der Waals surface area contributed by atoms with Crippen LogP contribution in [0, 0.1) is 0 Å². The largest absolute Gasteiger partial charge is 0.507 e. The van der Waals surface area contributed by atoms with E-state index in [-0.39, 0.29) is 11.3 Å². The fraction of sp³-hybridized carbons (Fsp3) is 0.258. The Morgan fingerprint density at radius 2 is 1.64 bits per heavy atom. The van der Waals surface area contributed by atoms with Gasteiger partial charge in [0, 0.05) is 5.56 Å². The third-order valence-electron chi connectivity index (χ3n) is 6.61. The fourth-order valence-corrected chi connectivity index (χ4v) is 5.68. The van der Waals surface area contributed by atoms with Crippen molar-refractivity contribution in [1.29, 1.82) is 0 Å². The minimum absolute atomic E-state index is 0.0138. The number of fused-ring (bicyclic) bond motifs is 1. The van der Waals surface area contributed by atoms with Gasteiger partial charge in [0.15, 0.2) is 5.13 Å². The summed E-state index contributed by atoms with van der Waals surface area (Å²) in [5.74, 6) is -0.393. The quantitative estimate of drug-likeness (QED) is 0.144. The molecule has 8 heteroatoms. The van der Waals surface area contributed by atoms with E-state index in [9.17, 15) is 14.7 Å². The smallest absolute Gasteiger partial charge is 0.301 e. The number of rotatable bonds is 9. The summed E-state index contributed by atoms with van der Waals surface area (Å²) in [4.78, 5) is 33.2. The van der Waals surface area contributed by atoms with Crippen LogP contribution in [0.3, 0.4) is 0 Å². The highest BCUT2D eigenvalue weighted by Gasteiger charge is 2.48. The summed E-state index contributed by atoms with van der Waals surface area (Å²) in [7, 11) is 0. The Morgan fingerprint density at radius 1 is 0.949 bits per heavy atom. The number of carbonyl (C=O) groups is 2. The molecule has 1 N–H and O–H groups in total. The van der Waals surface area contributed by atoms with Crippen LogP contribution < -0.4 is 14.4 Å². The summed E-state index contributed by atoms with van der Waals surface area (Å²) in [6.45, 7) is 7.09. The number of aromatic nitrogens is 1. The summed E-state index contributed by atoms with van der Waals surface area (Å²) in [6, 6.07) is 19.2. The number of ether oxygens (including phenoxy) is 2. The lowest BCUT2D eigenvalue weighted by Gasteiger charge is -2.23. The van der Waals surface area contributed by atoms with Gasteiger partial charge in [0.1, 0.15) is 17.3 Å². The highest BCUT2D eigenvalue weighted by atomic mass is 32.1. The van der Waals surface area contributed by atoms with Gasteiger partial charge in [0.2, 0.25) is 0 Å². The number of hydrogen-bond acceptors (Lipinski definition) is 7. The maximum absolute atomic E-state index is 13.5. The summed E-state index contributed by atoms with van der Waals surface area (Å²) in [5.41, 5.74) is 3.01. The van der Waals surface area contributed by atoms with Crippen LogP contribution in [0.5, 0.6) is 11.5 Å². The normalized spacial score (nSPS) is 16.7. The molecule has 1 saturated heterocycles. The number of carbonyl (C=O) groups excluding carboxylic acids is 2. The number of hydrogen-bond donors (Lipinski definition) is 1. The van der Waals surface area contributed by atoms with Gasteiger partial charge in [0.25, 0.3) is 5.78 Å². The van der Waals surface area contributed by atoms with Gasteiger partial charge >= 0.3 is 5.91 Å². The fourth-order valence-electron chi connectivity index (χ4n) is 4.62. The van der Waals surface area contributed by atoms with Crippen LogP contribution in [0.25, 0.3) is 16.0 Å². The molecule has 39 heavy (non-hydrogen) atoms. The van der Waals surface area contributed by atoms with Crippen molar-refractivity contribution in [3.05, 3.63) is 89.0 Å². The van der Waals surface area contributed by atoms with Gasteiger partial charge in [-0.05, 0) is 79.4 Å². The molecule has 1 aromatic heterocycles. The van der Waals surface area contributed by atoms with Gasteiger partial charge in [-0.1, -0.05) is 43.4 Å². The number of benzene rings is 3. The van der Waals surface area contributed by atoms with Crippen LogP contribution in [0.4, 0.5) is 5.13 Å². The number of Topliss-reactive ketones (excluding diaryl/α,β-unsaturated/α-hetero) is 1. The molecule has 1 aliphatic rings. The molecular formula is C31H30N2O5S. The van der Waals surface area contributed by atoms with Crippen LogP contribution in [0.15, 0.2) is 72.3 Å². The number of amides is 1. The average Bonchev–Trinajstić information content (AvgIpc) is 3.49. The van der Waals surface area contributed by atoms with E-state index in [1.807, 2.05) is 50.2 Å². The van der Waals surface area contributed by atoms with E-state index in [0.717, 1.165) is 28.6 Å². The predicted octanol–water partition coefficient (Wildman–Crippen LogP) is 6.67. The Bertz CT molecular complexity index is 1540. The topological polar surface area (TPSA) is 89.0 Å². The molecule has 1 unspecified atom stereocenters. The number of nitrogens with zero attached hydrogens (tertiary/aromatic N) is 2. The van der Waals surface area contributed by atoms with E-state index >= 15 is 0 Å². The SMILES string of the molecule is CCCOc1ccc(C2/C(=C(\O)c3ccc(OCC)cc3)C(=O)C(=O)N2c2nc3ccc(CC)cc3s2)cc1. The summed E-state index contributed by atoms with van der Waals surface area (Å²) < 4.78 is 12.2. The van der Waals surface area contributed by atoms with Crippen LogP contribution >= 0.6 is 11.3 Å². The van der Waals surface area contributed by atoms with Gasteiger partial charge in [-0.25, -0.2) is 4.98 Å². The Hall–Kier alpha value is -4.17. The Morgan fingerprint density at radius 3 is 2.31 bits per heavy atom. The van der Waals surface area contributed by atoms with Crippen molar-refractivity contribution in [1.82, 2.24) is 4.98 Å². The van der Waals surface area contributed by atoms with Crippen LogP contribution in [0.1, 0.15) is 49.9 Å². The first kappa shape index (κ1) is 26.4. The lowest BCUT2D eigenvalue weighted by atomic mass is 9.95. The molecule has 200 valence electrons. The molecule has 2 heterocycles. The zero-order valence-electron chi connectivity index (χ0n) is 22.1. The van der Waals surface area contributed by atoms with Crippen LogP contribution in [0.2, 0.25) is 0 Å². The molecule has 1 fully saturated rings. The number of ketones is 1. The second-order valence-electron chi connectivity index (χ2n) is 9.20. The van der Waals surface area contributed by atoms with Gasteiger partial charge in [-0.2, -0.15) is 0 Å². The zero-order chi connectivity index (χ0) is 27.5. The second kappa shape index (κ2) is 11.3. The molecule has 0 bridgehead atoms. The van der Waals surface area contributed by atoms with E-state index in [4.69, 9.17) is 14.5 Å². The maximum Gasteiger partial charge on any atom is 0.301 e. The molecule has 3 aromatic carbocycles. The van der Waals surface area contributed by atoms with E-state index in [0.29, 0.717) is 41.0 Å². The maximum atomic E-state index is 13.5. The lowest BCUT2D eigenvalue weighted by molar-refractivity contribution is -0.132. The third-order valence-corrected chi connectivity index (χ3v) is 7.63. The molecule has 4 aromatic rings. The van der Waals surface area contributed by atoms with Crippen molar-refractivity contribution < 1.29 is 24.2 Å². The molecule has 5 rings (SSSR count). The number of thiazole rings is 1. The Labute approximate surface area is 231 Å². The molecular weight excluding hydrogens is 512 g/mol. The first-order chi connectivity index (χ1) is 18.9. The highest BCUT2D eigenvalue weighted by molar-refractivity contribution is 7.22. The number of aliphatic hydroxyl groups is 1. The average molecular weight is 543 g/mol. The van der Waals surface area contributed by atoms with Gasteiger partial charge in [-0.3, -0.25) is 14.5 Å². The molecule has 0 spiro atoms. The lowest BCUT2D eigenvalue weighted by Crippen LogP contribution is -2.29. The number of anilines is 1. The van der Waals surface area contributed by atoms with Crippen molar-refractivity contribution in [3.63, 3.8) is 0 Å². The van der Waals surface area contributed by atoms with E-state index < -0.39 is 17.7 Å². The van der Waals surface area contributed by atoms with Crippen LogP contribution in [-0.2, 0) is 16.0 Å². The summed E-state index contributed by atoms with van der Waals surface area (Å²) in [5, 5.41) is 11.8. The Balaban J connectivity index is 1.64. The minimum Gasteiger partial charge on any atom is -0.507 e. The van der Waals surface area contributed by atoms with Crippen molar-refractivity contribution in [2.24, 2.45) is 0 Å². The molecule has 0 aliphatic carbocycles. The monoisotopic (exact) mass is 542 g/mol. The second-order valence-corrected chi connectivity index (χ2v) is 10.2. The van der Waals surface area contributed by atoms with Gasteiger partial charge in [0.05, 0.1) is 35.0 Å². The van der Waals surface area contributed by atoms with Crippen molar-refractivity contribution in [3.8, 4) is 11.5 Å².